The Bertz CT molecular complexity index is 990. The number of rotatable bonds is 7. The molecule has 9 heteroatoms. The fourth-order valence-corrected chi connectivity index (χ4v) is 3.49. The zero-order chi connectivity index (χ0) is 18.8. The topological polar surface area (TPSA) is 96.4 Å². The molecule has 1 aliphatic rings. The summed E-state index contributed by atoms with van der Waals surface area (Å²) in [7, 11) is 0. The molecule has 2 aromatic heterocycles. The van der Waals surface area contributed by atoms with E-state index in [0.717, 1.165) is 23.8 Å². The normalized spacial score (nSPS) is 13.7. The van der Waals surface area contributed by atoms with Crippen LogP contribution in [-0.2, 0) is 4.84 Å². The van der Waals surface area contributed by atoms with Gasteiger partial charge in [0.2, 0.25) is 0 Å². The molecule has 1 aromatic carbocycles. The second-order valence-electron chi connectivity index (χ2n) is 6.23. The standard InChI is InChI=1S/C18H17FN4O3S/c19-13-7-11(10-1-2-10)3-4-14(13)22-15-16(18(25)23-26-6-5-24)20-8-12-9-21-27-17(12)15/h3-4,7-10,22,24H,1-2,5-6H2,(H,23,25). The smallest absolute Gasteiger partial charge is 0.295 e. The highest BCUT2D eigenvalue weighted by Crippen LogP contribution is 2.41. The number of hydrogen-bond donors (Lipinski definition) is 3. The van der Waals surface area contributed by atoms with Crippen LogP contribution in [-0.4, -0.2) is 33.6 Å². The highest BCUT2D eigenvalue weighted by molar-refractivity contribution is 7.14. The number of aliphatic hydroxyl groups excluding tert-OH is 1. The van der Waals surface area contributed by atoms with Gasteiger partial charge in [0.1, 0.15) is 5.82 Å². The fourth-order valence-electron chi connectivity index (χ4n) is 2.77. The van der Waals surface area contributed by atoms with Crippen molar-refractivity contribution in [3.05, 3.63) is 47.7 Å². The number of amides is 1. The van der Waals surface area contributed by atoms with E-state index in [1.54, 1.807) is 12.3 Å². The Balaban J connectivity index is 1.67. The van der Waals surface area contributed by atoms with Gasteiger partial charge < -0.3 is 10.4 Å². The number of aliphatic hydroxyl groups is 1. The molecule has 0 radical (unpaired) electrons. The molecule has 0 bridgehead atoms. The van der Waals surface area contributed by atoms with Crippen molar-refractivity contribution in [1.82, 2.24) is 14.8 Å². The van der Waals surface area contributed by atoms with Gasteiger partial charge in [0, 0.05) is 11.6 Å². The number of hydrogen-bond acceptors (Lipinski definition) is 7. The number of carbonyl (C=O) groups is 1. The molecular formula is C18H17FN4O3S. The molecule has 0 saturated heterocycles. The van der Waals surface area contributed by atoms with E-state index in [9.17, 15) is 9.18 Å². The molecule has 4 rings (SSSR count). The summed E-state index contributed by atoms with van der Waals surface area (Å²) in [5.41, 5.74) is 3.87. The van der Waals surface area contributed by atoms with E-state index in [4.69, 9.17) is 9.94 Å². The first-order valence-electron chi connectivity index (χ1n) is 8.50. The van der Waals surface area contributed by atoms with Crippen LogP contribution in [0.1, 0.15) is 34.8 Å². The lowest BCUT2D eigenvalue weighted by atomic mass is 10.1. The lowest BCUT2D eigenvalue weighted by Crippen LogP contribution is -2.26. The number of nitrogens with zero attached hydrogens (tertiary/aromatic N) is 2. The Morgan fingerprint density at radius 2 is 2.22 bits per heavy atom. The molecule has 0 unspecified atom stereocenters. The van der Waals surface area contributed by atoms with Crippen molar-refractivity contribution in [1.29, 1.82) is 0 Å². The largest absolute Gasteiger partial charge is 0.394 e. The molecule has 0 spiro atoms. The molecule has 2 heterocycles. The predicted molar refractivity (Wildman–Crippen MR) is 99.6 cm³/mol. The summed E-state index contributed by atoms with van der Waals surface area (Å²) in [4.78, 5) is 21.4. The Morgan fingerprint density at radius 1 is 1.37 bits per heavy atom. The number of carbonyl (C=O) groups excluding carboxylic acids is 1. The fraction of sp³-hybridized carbons (Fsp3) is 0.278. The number of anilines is 2. The van der Waals surface area contributed by atoms with Crippen LogP contribution in [0.25, 0.3) is 10.1 Å². The van der Waals surface area contributed by atoms with E-state index in [2.05, 4.69) is 20.2 Å². The molecule has 3 N–H and O–H groups in total. The number of aromatic nitrogens is 2. The van der Waals surface area contributed by atoms with Crippen LogP contribution in [0, 0.1) is 5.82 Å². The summed E-state index contributed by atoms with van der Waals surface area (Å²) in [5, 5.41) is 12.5. The molecule has 7 nitrogen and oxygen atoms in total. The Hall–Kier alpha value is -2.62. The summed E-state index contributed by atoms with van der Waals surface area (Å²) in [6, 6.07) is 5.10. The van der Waals surface area contributed by atoms with Gasteiger partial charge in [-0.05, 0) is 48.0 Å². The molecular weight excluding hydrogens is 371 g/mol. The molecule has 1 aliphatic carbocycles. The first kappa shape index (κ1) is 17.8. The molecule has 1 saturated carbocycles. The Kier molecular flexibility index (Phi) is 4.97. The first-order chi connectivity index (χ1) is 13.2. The van der Waals surface area contributed by atoms with E-state index in [1.807, 2.05) is 6.07 Å². The van der Waals surface area contributed by atoms with Gasteiger partial charge in [0.15, 0.2) is 5.69 Å². The third-order valence-corrected chi connectivity index (χ3v) is 5.10. The quantitative estimate of drug-likeness (QED) is 0.425. The second-order valence-corrected chi connectivity index (χ2v) is 7.04. The summed E-state index contributed by atoms with van der Waals surface area (Å²) in [6.45, 7) is -0.278. The van der Waals surface area contributed by atoms with E-state index in [0.29, 0.717) is 16.3 Å². The number of pyridine rings is 1. The minimum Gasteiger partial charge on any atom is -0.394 e. The lowest BCUT2D eigenvalue weighted by Gasteiger charge is -2.13. The average Bonchev–Trinajstić information content (AvgIpc) is 3.40. The van der Waals surface area contributed by atoms with Crippen molar-refractivity contribution in [3.63, 3.8) is 0 Å². The average molecular weight is 388 g/mol. The van der Waals surface area contributed by atoms with Gasteiger partial charge >= 0.3 is 0 Å². The molecule has 27 heavy (non-hydrogen) atoms. The van der Waals surface area contributed by atoms with Crippen molar-refractivity contribution in [3.8, 4) is 0 Å². The van der Waals surface area contributed by atoms with E-state index >= 15 is 0 Å². The third kappa shape index (κ3) is 3.75. The highest BCUT2D eigenvalue weighted by atomic mass is 32.1. The second kappa shape index (κ2) is 7.55. The zero-order valence-electron chi connectivity index (χ0n) is 14.2. The molecule has 140 valence electrons. The van der Waals surface area contributed by atoms with Crippen LogP contribution in [0.4, 0.5) is 15.8 Å². The van der Waals surface area contributed by atoms with Crippen LogP contribution in [0.5, 0.6) is 0 Å². The van der Waals surface area contributed by atoms with E-state index in [1.165, 1.54) is 23.8 Å². The number of hydroxylamine groups is 1. The van der Waals surface area contributed by atoms with Crippen molar-refractivity contribution in [2.24, 2.45) is 0 Å². The van der Waals surface area contributed by atoms with Crippen LogP contribution in [0.3, 0.4) is 0 Å². The van der Waals surface area contributed by atoms with E-state index < -0.39 is 5.91 Å². The summed E-state index contributed by atoms with van der Waals surface area (Å²) >= 11 is 1.18. The molecule has 1 amide bonds. The minimum absolute atomic E-state index is 0.0471. The van der Waals surface area contributed by atoms with Crippen molar-refractivity contribution < 1.29 is 19.1 Å². The molecule has 0 aliphatic heterocycles. The van der Waals surface area contributed by atoms with E-state index in [-0.39, 0.29) is 30.4 Å². The Labute approximate surface area is 158 Å². The molecule has 0 atom stereocenters. The number of fused-ring (bicyclic) bond motifs is 1. The van der Waals surface area contributed by atoms with Crippen LogP contribution >= 0.6 is 11.5 Å². The van der Waals surface area contributed by atoms with Gasteiger partial charge in [-0.2, -0.15) is 4.37 Å². The summed E-state index contributed by atoms with van der Waals surface area (Å²) in [5.74, 6) is -0.537. The van der Waals surface area contributed by atoms with Crippen LogP contribution < -0.4 is 10.8 Å². The van der Waals surface area contributed by atoms with Crippen molar-refractivity contribution in [2.75, 3.05) is 18.5 Å². The van der Waals surface area contributed by atoms with Gasteiger partial charge in [-0.1, -0.05) is 6.07 Å². The van der Waals surface area contributed by atoms with Gasteiger partial charge in [0.05, 0.1) is 35.5 Å². The highest BCUT2D eigenvalue weighted by Gasteiger charge is 2.25. The third-order valence-electron chi connectivity index (χ3n) is 4.27. The monoisotopic (exact) mass is 388 g/mol. The van der Waals surface area contributed by atoms with Gasteiger partial charge in [-0.25, -0.2) is 14.9 Å². The zero-order valence-corrected chi connectivity index (χ0v) is 15.1. The summed E-state index contributed by atoms with van der Waals surface area (Å²) < 4.78 is 19.4. The van der Waals surface area contributed by atoms with Gasteiger partial charge in [-0.3, -0.25) is 9.63 Å². The Morgan fingerprint density at radius 3 is 2.96 bits per heavy atom. The van der Waals surface area contributed by atoms with Crippen LogP contribution in [0.2, 0.25) is 0 Å². The number of benzene rings is 1. The maximum Gasteiger partial charge on any atom is 0.295 e. The SMILES string of the molecule is O=C(NOCCO)c1ncc2cnsc2c1Nc1ccc(C2CC2)cc1F. The van der Waals surface area contributed by atoms with Crippen molar-refractivity contribution >= 4 is 38.9 Å². The predicted octanol–water partition coefficient (Wildman–Crippen LogP) is 3.11. The van der Waals surface area contributed by atoms with Crippen LogP contribution in [0.15, 0.2) is 30.6 Å². The van der Waals surface area contributed by atoms with Gasteiger partial charge in [0.25, 0.3) is 5.91 Å². The minimum atomic E-state index is -0.601. The van der Waals surface area contributed by atoms with Gasteiger partial charge in [-0.15, -0.1) is 0 Å². The summed E-state index contributed by atoms with van der Waals surface area (Å²) in [6.07, 6.45) is 5.34. The molecule has 1 fully saturated rings. The first-order valence-corrected chi connectivity index (χ1v) is 9.27. The molecule has 3 aromatic rings. The van der Waals surface area contributed by atoms with Crippen molar-refractivity contribution in [2.45, 2.75) is 18.8 Å². The maximum atomic E-state index is 14.6. The lowest BCUT2D eigenvalue weighted by molar-refractivity contribution is 0.0165. The number of halogens is 1. The number of nitrogens with one attached hydrogen (secondary N) is 2. The maximum absolute atomic E-state index is 14.6.